The predicted octanol–water partition coefficient (Wildman–Crippen LogP) is 3.98. The average Bonchev–Trinajstić information content (AvgIpc) is 3.30. The Morgan fingerprint density at radius 1 is 0.949 bits per heavy atom. The maximum atomic E-state index is 6.47. The van der Waals surface area contributed by atoms with Crippen LogP contribution in [0.4, 0.5) is 11.6 Å². The third-order valence-electron chi connectivity index (χ3n) is 7.26. The van der Waals surface area contributed by atoms with Crippen LogP contribution in [0.3, 0.4) is 0 Å². The molecule has 1 aromatic carbocycles. The summed E-state index contributed by atoms with van der Waals surface area (Å²) in [5.74, 6) is 3.21. The Hall–Kier alpha value is -4.02. The van der Waals surface area contributed by atoms with Crippen molar-refractivity contribution in [2.45, 2.75) is 26.0 Å². The molecule has 1 atom stereocenters. The molecule has 0 unspecified atom stereocenters. The second-order valence-corrected chi connectivity index (χ2v) is 10.3. The number of benzene rings is 1. The van der Waals surface area contributed by atoms with Crippen LogP contribution in [-0.4, -0.2) is 80.5 Å². The summed E-state index contributed by atoms with van der Waals surface area (Å²) in [5.41, 5.74) is 4.07. The summed E-state index contributed by atoms with van der Waals surface area (Å²) < 4.78 is 14.3. The Morgan fingerprint density at radius 2 is 1.77 bits per heavy atom. The summed E-state index contributed by atoms with van der Waals surface area (Å²) in [6, 6.07) is 12.5. The average molecular weight is 527 g/mol. The van der Waals surface area contributed by atoms with Gasteiger partial charge in [0.1, 0.15) is 22.9 Å². The molecule has 4 aromatic rings. The Kier molecular flexibility index (Phi) is 7.12. The molecule has 1 fully saturated rings. The van der Waals surface area contributed by atoms with Gasteiger partial charge in [-0.25, -0.2) is 19.6 Å². The van der Waals surface area contributed by atoms with Crippen LogP contribution in [0.2, 0.25) is 0 Å². The predicted molar refractivity (Wildman–Crippen MR) is 150 cm³/mol. The molecule has 0 radical (unpaired) electrons. The maximum Gasteiger partial charge on any atom is 0.222 e. The number of piperazine rings is 1. The van der Waals surface area contributed by atoms with E-state index in [2.05, 4.69) is 68.4 Å². The van der Waals surface area contributed by atoms with Crippen LogP contribution in [0.5, 0.6) is 11.6 Å². The van der Waals surface area contributed by atoms with Crippen LogP contribution in [0.25, 0.3) is 22.5 Å². The summed E-state index contributed by atoms with van der Waals surface area (Å²) in [6.07, 6.45) is 5.92. The fourth-order valence-corrected chi connectivity index (χ4v) is 4.91. The van der Waals surface area contributed by atoms with E-state index in [1.807, 2.05) is 25.4 Å². The lowest BCUT2D eigenvalue weighted by molar-refractivity contribution is 0.148. The molecule has 0 amide bonds. The third kappa shape index (κ3) is 5.71. The van der Waals surface area contributed by atoms with Gasteiger partial charge >= 0.3 is 0 Å². The number of rotatable bonds is 3. The Labute approximate surface area is 228 Å². The van der Waals surface area contributed by atoms with Gasteiger partial charge < -0.3 is 19.7 Å². The Bertz CT molecular complexity index is 1430. The van der Waals surface area contributed by atoms with Crippen LogP contribution < -0.4 is 14.8 Å². The van der Waals surface area contributed by atoms with E-state index >= 15 is 0 Å². The van der Waals surface area contributed by atoms with Crippen LogP contribution in [0.15, 0.2) is 55.0 Å². The molecule has 3 aromatic heterocycles. The van der Waals surface area contributed by atoms with Crippen molar-refractivity contribution in [3.05, 3.63) is 60.6 Å². The van der Waals surface area contributed by atoms with Crippen molar-refractivity contribution in [3.63, 3.8) is 0 Å². The minimum absolute atomic E-state index is 0.0794. The van der Waals surface area contributed by atoms with E-state index < -0.39 is 0 Å². The maximum absolute atomic E-state index is 6.47. The first-order valence-electron chi connectivity index (χ1n) is 13.4. The minimum atomic E-state index is -0.0794. The van der Waals surface area contributed by atoms with Crippen molar-refractivity contribution in [1.82, 2.24) is 34.5 Å². The van der Waals surface area contributed by atoms with Crippen molar-refractivity contribution in [2.75, 3.05) is 45.2 Å². The summed E-state index contributed by atoms with van der Waals surface area (Å²) >= 11 is 0. The number of ether oxygens (including phenoxy) is 2. The van der Waals surface area contributed by atoms with Crippen molar-refractivity contribution < 1.29 is 9.47 Å². The number of nitrogens with one attached hydrogen (secondary N) is 1. The molecule has 10 heteroatoms. The number of aromatic nitrogens is 5. The zero-order valence-corrected chi connectivity index (χ0v) is 22.7. The monoisotopic (exact) mass is 526 g/mol. The number of likely N-dealkylation sites (N-methyl/N-ethyl adjacent to an activating group) is 1. The van der Waals surface area contributed by atoms with Gasteiger partial charge in [0, 0.05) is 70.2 Å². The zero-order chi connectivity index (χ0) is 26.8. The summed E-state index contributed by atoms with van der Waals surface area (Å²) in [5, 5.41) is 7.66. The molecule has 5 heterocycles. The lowest BCUT2D eigenvalue weighted by Crippen LogP contribution is -2.43. The molecular formula is C29H34N8O2. The number of aryl methyl sites for hydroxylation is 1. The number of hydrogen-bond donors (Lipinski definition) is 1. The van der Waals surface area contributed by atoms with E-state index in [0.717, 1.165) is 55.2 Å². The van der Waals surface area contributed by atoms with Crippen LogP contribution in [-0.2, 0) is 13.6 Å². The smallest absolute Gasteiger partial charge is 0.222 e. The van der Waals surface area contributed by atoms with E-state index in [1.165, 1.54) is 5.56 Å². The molecule has 1 saturated heterocycles. The summed E-state index contributed by atoms with van der Waals surface area (Å²) in [7, 11) is 4.03. The largest absolute Gasteiger partial charge is 0.490 e. The van der Waals surface area contributed by atoms with E-state index in [0.29, 0.717) is 36.4 Å². The summed E-state index contributed by atoms with van der Waals surface area (Å²) in [6.45, 7) is 7.94. The molecule has 4 bridgehead atoms. The Morgan fingerprint density at radius 3 is 2.59 bits per heavy atom. The van der Waals surface area contributed by atoms with Gasteiger partial charge in [-0.05, 0) is 31.2 Å². The number of anilines is 2. The SMILES string of the molecule is C[C@H]1CCOc2c(cnn2C)-c2nccc(n2)Nc2cc(c(-c3ccc(CN4CCN(C)CC4)cc3)cn2)O1. The number of fused-ring (bicyclic) bond motifs is 6. The van der Waals surface area contributed by atoms with Gasteiger partial charge in [-0.3, -0.25) is 4.90 Å². The first-order valence-corrected chi connectivity index (χ1v) is 13.4. The van der Waals surface area contributed by atoms with Crippen molar-refractivity contribution in [3.8, 4) is 34.1 Å². The normalized spacial score (nSPS) is 18.3. The lowest BCUT2D eigenvalue weighted by Gasteiger charge is -2.32. The highest BCUT2D eigenvalue weighted by molar-refractivity contribution is 5.73. The molecule has 39 heavy (non-hydrogen) atoms. The zero-order valence-electron chi connectivity index (χ0n) is 22.7. The van der Waals surface area contributed by atoms with Gasteiger partial charge in [0.2, 0.25) is 5.88 Å². The molecule has 6 rings (SSSR count). The third-order valence-corrected chi connectivity index (χ3v) is 7.26. The second-order valence-electron chi connectivity index (χ2n) is 10.3. The molecule has 202 valence electrons. The minimum Gasteiger partial charge on any atom is -0.490 e. The van der Waals surface area contributed by atoms with Crippen molar-refractivity contribution in [2.24, 2.45) is 7.05 Å². The number of hydrogen-bond acceptors (Lipinski definition) is 9. The van der Waals surface area contributed by atoms with Crippen LogP contribution >= 0.6 is 0 Å². The molecule has 1 N–H and O–H groups in total. The number of nitrogens with zero attached hydrogens (tertiary/aromatic N) is 7. The molecule has 0 aliphatic carbocycles. The highest BCUT2D eigenvalue weighted by atomic mass is 16.5. The highest BCUT2D eigenvalue weighted by Crippen LogP contribution is 2.34. The van der Waals surface area contributed by atoms with E-state index in [1.54, 1.807) is 17.1 Å². The Balaban J connectivity index is 1.27. The molecule has 0 spiro atoms. The highest BCUT2D eigenvalue weighted by Gasteiger charge is 2.19. The van der Waals surface area contributed by atoms with Gasteiger partial charge in [-0.15, -0.1) is 0 Å². The number of pyridine rings is 1. The fourth-order valence-electron chi connectivity index (χ4n) is 4.91. The van der Waals surface area contributed by atoms with Gasteiger partial charge in [-0.2, -0.15) is 5.10 Å². The van der Waals surface area contributed by atoms with E-state index in [4.69, 9.17) is 14.5 Å². The lowest BCUT2D eigenvalue weighted by atomic mass is 10.0. The van der Waals surface area contributed by atoms with Crippen LogP contribution in [0, 0.1) is 0 Å². The molecule has 10 nitrogen and oxygen atoms in total. The molecule has 0 saturated carbocycles. The first-order chi connectivity index (χ1) is 19.0. The van der Waals surface area contributed by atoms with Gasteiger partial charge in [0.25, 0.3) is 0 Å². The van der Waals surface area contributed by atoms with E-state index in [9.17, 15) is 0 Å². The first kappa shape index (κ1) is 25.3. The second kappa shape index (κ2) is 11.0. The van der Waals surface area contributed by atoms with E-state index in [-0.39, 0.29) is 6.10 Å². The van der Waals surface area contributed by atoms with Crippen molar-refractivity contribution in [1.29, 1.82) is 0 Å². The fraction of sp³-hybridized carbons (Fsp3) is 0.379. The quantitative estimate of drug-likeness (QED) is 0.425. The van der Waals surface area contributed by atoms with Crippen LogP contribution in [0.1, 0.15) is 18.9 Å². The topological polar surface area (TPSA) is 93.5 Å². The van der Waals surface area contributed by atoms with Gasteiger partial charge in [-0.1, -0.05) is 24.3 Å². The molecule has 2 aliphatic rings. The van der Waals surface area contributed by atoms with Crippen molar-refractivity contribution >= 4 is 11.6 Å². The molecular weight excluding hydrogens is 492 g/mol. The standard InChI is InChI=1S/C29H34N8O2/c1-20-9-15-38-29-24(18-32-36(29)3)28-30-10-8-26(34-28)33-27-16-25(39-20)23(17-31-27)22-6-4-21(5-7-22)19-37-13-11-35(2)12-14-37/h4-8,10,16-18,20H,9,11-15,19H2,1-3H3,(H,30,31,33,34)/t20-/m0/s1. The van der Waals surface area contributed by atoms with Gasteiger partial charge in [0.05, 0.1) is 18.9 Å². The molecule has 2 aliphatic heterocycles. The summed E-state index contributed by atoms with van der Waals surface area (Å²) in [4.78, 5) is 18.7. The van der Waals surface area contributed by atoms with Gasteiger partial charge in [0.15, 0.2) is 5.82 Å².